The van der Waals surface area contributed by atoms with E-state index in [0.717, 1.165) is 17.2 Å². The van der Waals surface area contributed by atoms with Gasteiger partial charge in [0.25, 0.3) is 11.8 Å². The second kappa shape index (κ2) is 9.44. The monoisotopic (exact) mass is 510 g/mol. The fourth-order valence-electron chi connectivity index (χ4n) is 4.78. The van der Waals surface area contributed by atoms with Crippen LogP contribution in [-0.4, -0.2) is 35.2 Å². The summed E-state index contributed by atoms with van der Waals surface area (Å²) in [5.41, 5.74) is 2.06. The molecular weight excluding hydrogens is 487 g/mol. The van der Waals surface area contributed by atoms with Gasteiger partial charge in [-0.1, -0.05) is 41.9 Å². The molecule has 186 valence electrons. The number of aryl methyl sites for hydroxylation is 1. The lowest BCUT2D eigenvalue weighted by molar-refractivity contribution is -0.123. The fourth-order valence-corrected chi connectivity index (χ4v) is 4.90. The average Bonchev–Trinajstić information content (AvgIpc) is 3.23. The lowest BCUT2D eigenvalue weighted by atomic mass is 9.63. The molecule has 3 N–H and O–H groups in total. The van der Waals surface area contributed by atoms with E-state index >= 15 is 0 Å². The summed E-state index contributed by atoms with van der Waals surface area (Å²) >= 11 is 5.65. The number of furan rings is 1. The van der Waals surface area contributed by atoms with Gasteiger partial charge in [-0.15, -0.1) is 0 Å². The minimum atomic E-state index is -0.940. The molecule has 0 spiro atoms. The van der Waals surface area contributed by atoms with Crippen LogP contribution in [0.25, 0.3) is 11.3 Å². The Hall–Kier alpha value is -3.62. The number of benzene rings is 2. The van der Waals surface area contributed by atoms with Gasteiger partial charge in [0.2, 0.25) is 0 Å². The van der Waals surface area contributed by atoms with Crippen molar-refractivity contribution in [3.05, 3.63) is 88.0 Å². The van der Waals surface area contributed by atoms with Crippen molar-refractivity contribution in [1.29, 1.82) is 0 Å². The van der Waals surface area contributed by atoms with Gasteiger partial charge < -0.3 is 24.9 Å². The van der Waals surface area contributed by atoms with Gasteiger partial charge >= 0.3 is 0 Å². The van der Waals surface area contributed by atoms with Gasteiger partial charge in [0.15, 0.2) is 6.61 Å². The van der Waals surface area contributed by atoms with Crippen LogP contribution < -0.4 is 15.4 Å². The van der Waals surface area contributed by atoms with E-state index in [-0.39, 0.29) is 29.7 Å². The molecular formula is C27H24ClFN2O5. The molecule has 0 aliphatic heterocycles. The van der Waals surface area contributed by atoms with Gasteiger partial charge in [-0.05, 0) is 43.5 Å². The maximum absolute atomic E-state index is 13.5. The van der Waals surface area contributed by atoms with Gasteiger partial charge in [-0.25, -0.2) is 4.39 Å². The summed E-state index contributed by atoms with van der Waals surface area (Å²) in [6.45, 7) is 1.39. The van der Waals surface area contributed by atoms with E-state index in [2.05, 4.69) is 10.6 Å². The van der Waals surface area contributed by atoms with E-state index in [1.54, 1.807) is 13.0 Å². The lowest BCUT2D eigenvalue weighted by Gasteiger charge is -2.51. The van der Waals surface area contributed by atoms with E-state index in [1.165, 1.54) is 12.1 Å². The largest absolute Gasteiger partial charge is 0.484 e. The summed E-state index contributed by atoms with van der Waals surface area (Å²) < 4.78 is 24.6. The standard InChI is InChI=1S/C27H24ClFN2O5/c1-15-19(10-23(36-15)16-5-3-2-4-6-16)26(34)31-27-11-17(12-27)25(22(32)13-27)30-24(33)14-35-18-7-8-20(28)21(29)9-18/h2-10,22,32H,11-14H2,1H3,(H,30,33)(H,31,34)/t22-/m0/s1. The molecule has 1 atom stereocenters. The molecule has 2 bridgehead atoms. The van der Waals surface area contributed by atoms with Gasteiger partial charge in [-0.3, -0.25) is 9.59 Å². The summed E-state index contributed by atoms with van der Waals surface area (Å²) in [4.78, 5) is 25.4. The molecule has 1 fully saturated rings. The highest BCUT2D eigenvalue weighted by atomic mass is 35.5. The molecule has 6 rings (SSSR count). The zero-order valence-corrected chi connectivity index (χ0v) is 20.2. The first-order chi connectivity index (χ1) is 17.2. The number of hydrogen-bond acceptors (Lipinski definition) is 5. The SMILES string of the molecule is Cc1oc(-c2ccccc2)cc1C(=O)NC12CC(=C(NC(=O)COc3ccc(Cl)c(F)c3)[C@@H](O)C1)C2. The Balaban J connectivity index is 1.20. The van der Waals surface area contributed by atoms with E-state index in [9.17, 15) is 19.1 Å². The molecule has 3 aliphatic carbocycles. The van der Waals surface area contributed by atoms with Crippen LogP contribution in [0.5, 0.6) is 5.75 Å². The van der Waals surface area contributed by atoms with Gasteiger partial charge in [0.05, 0.1) is 22.2 Å². The predicted octanol–water partition coefficient (Wildman–Crippen LogP) is 4.52. The third kappa shape index (κ3) is 4.74. The van der Waals surface area contributed by atoms with E-state index < -0.39 is 23.4 Å². The van der Waals surface area contributed by atoms with Crippen molar-refractivity contribution >= 4 is 23.4 Å². The van der Waals surface area contributed by atoms with Crippen LogP contribution in [0.1, 0.15) is 35.4 Å². The summed E-state index contributed by atoms with van der Waals surface area (Å²) in [7, 11) is 0. The maximum atomic E-state index is 13.5. The highest BCUT2D eigenvalue weighted by Gasteiger charge is 2.50. The minimum Gasteiger partial charge on any atom is -0.484 e. The molecule has 9 heteroatoms. The van der Waals surface area contributed by atoms with Crippen molar-refractivity contribution in [2.45, 2.75) is 37.8 Å². The third-order valence-electron chi connectivity index (χ3n) is 6.54. The van der Waals surface area contributed by atoms with E-state index in [1.807, 2.05) is 30.3 Å². The average molecular weight is 511 g/mol. The molecule has 1 heterocycles. The molecule has 7 nitrogen and oxygen atoms in total. The zero-order valence-electron chi connectivity index (χ0n) is 19.4. The Kier molecular flexibility index (Phi) is 6.32. The molecule has 3 aromatic rings. The number of aliphatic hydroxyl groups excluding tert-OH is 1. The molecule has 2 aromatic carbocycles. The molecule has 0 saturated heterocycles. The van der Waals surface area contributed by atoms with Crippen LogP contribution in [0.15, 0.2) is 70.3 Å². The summed E-state index contributed by atoms with van der Waals surface area (Å²) in [6.07, 6.45) is 0.377. The van der Waals surface area contributed by atoms with Crippen molar-refractivity contribution < 1.29 is 28.2 Å². The van der Waals surface area contributed by atoms with Crippen molar-refractivity contribution in [2.75, 3.05) is 6.61 Å². The highest BCUT2D eigenvalue weighted by Crippen LogP contribution is 2.48. The number of rotatable bonds is 7. The first-order valence-corrected chi connectivity index (χ1v) is 11.9. The van der Waals surface area contributed by atoms with Crippen molar-refractivity contribution in [2.24, 2.45) is 0 Å². The normalized spacial score (nSPS) is 20.5. The second-order valence-corrected chi connectivity index (χ2v) is 9.59. The molecule has 0 unspecified atom stereocenters. The number of amides is 2. The van der Waals surface area contributed by atoms with Gasteiger partial charge in [-0.2, -0.15) is 0 Å². The predicted molar refractivity (Wildman–Crippen MR) is 131 cm³/mol. The molecule has 0 radical (unpaired) electrons. The van der Waals surface area contributed by atoms with Crippen LogP contribution in [0.2, 0.25) is 5.02 Å². The number of ether oxygens (including phenoxy) is 1. The smallest absolute Gasteiger partial charge is 0.262 e. The van der Waals surface area contributed by atoms with Crippen molar-refractivity contribution in [3.8, 4) is 17.1 Å². The highest BCUT2D eigenvalue weighted by molar-refractivity contribution is 6.30. The van der Waals surface area contributed by atoms with Gasteiger partial charge in [0.1, 0.15) is 23.1 Å². The van der Waals surface area contributed by atoms with Crippen LogP contribution in [0.4, 0.5) is 4.39 Å². The first-order valence-electron chi connectivity index (χ1n) is 11.5. The van der Waals surface area contributed by atoms with Crippen LogP contribution in [0, 0.1) is 12.7 Å². The number of carbonyl (C=O) groups is 2. The molecule has 3 aliphatic rings. The van der Waals surface area contributed by atoms with Crippen LogP contribution in [0.3, 0.4) is 0 Å². The van der Waals surface area contributed by atoms with Crippen molar-refractivity contribution in [1.82, 2.24) is 10.6 Å². The topological polar surface area (TPSA) is 101 Å². The zero-order chi connectivity index (χ0) is 25.4. The summed E-state index contributed by atoms with van der Waals surface area (Å²) in [5.74, 6) is -0.0790. The summed E-state index contributed by atoms with van der Waals surface area (Å²) in [6, 6.07) is 15.2. The second-order valence-electron chi connectivity index (χ2n) is 9.18. The number of aliphatic hydroxyl groups is 1. The fraction of sp³-hybridized carbons (Fsp3) is 0.259. The Morgan fingerprint density at radius 3 is 2.64 bits per heavy atom. The van der Waals surface area contributed by atoms with E-state index in [4.69, 9.17) is 20.8 Å². The lowest BCUT2D eigenvalue weighted by Crippen LogP contribution is -2.61. The number of nitrogens with one attached hydrogen (secondary N) is 2. The third-order valence-corrected chi connectivity index (χ3v) is 6.84. The minimum absolute atomic E-state index is 0.0378. The molecule has 36 heavy (non-hydrogen) atoms. The number of hydrogen-bond donors (Lipinski definition) is 3. The Morgan fingerprint density at radius 1 is 1.19 bits per heavy atom. The molecule has 2 amide bonds. The Morgan fingerprint density at radius 2 is 1.94 bits per heavy atom. The van der Waals surface area contributed by atoms with E-state index in [0.29, 0.717) is 35.6 Å². The maximum Gasteiger partial charge on any atom is 0.262 e. The van der Waals surface area contributed by atoms with Crippen LogP contribution in [-0.2, 0) is 4.79 Å². The van der Waals surface area contributed by atoms with Gasteiger partial charge in [0, 0.05) is 23.7 Å². The number of fused-ring (bicyclic) bond motifs is 2. The quantitative estimate of drug-likeness (QED) is 0.434. The molecule has 1 aromatic heterocycles. The first kappa shape index (κ1) is 24.1. The Bertz CT molecular complexity index is 1360. The van der Waals surface area contributed by atoms with Crippen molar-refractivity contribution in [3.63, 3.8) is 0 Å². The number of halogens is 2. The number of carbonyl (C=O) groups excluding carboxylic acids is 2. The molecule has 1 saturated carbocycles. The van der Waals surface area contributed by atoms with Crippen LogP contribution >= 0.6 is 11.6 Å². The Labute approximate surface area is 211 Å². The summed E-state index contributed by atoms with van der Waals surface area (Å²) in [5, 5.41) is 16.4.